The molecule has 0 unspecified atom stereocenters. The van der Waals surface area contributed by atoms with Gasteiger partial charge in [0.1, 0.15) is 11.4 Å². The molecule has 1 N–H and O–H groups in total. The molecule has 1 amide bonds. The number of morpholine rings is 1. The highest BCUT2D eigenvalue weighted by Crippen LogP contribution is 2.34. The molecular weight excluding hydrogens is 409 g/mol. The third-order valence-electron chi connectivity index (χ3n) is 5.14. The molecule has 10 heteroatoms. The molecule has 0 radical (unpaired) electrons. The molecule has 31 heavy (non-hydrogen) atoms. The smallest absolute Gasteiger partial charge is 0.286 e. The molecule has 1 aliphatic heterocycles. The van der Waals surface area contributed by atoms with Crippen molar-refractivity contribution >= 4 is 11.6 Å². The number of nitrogens with zero attached hydrogens (tertiary/aromatic N) is 2. The number of carbonyl (C=O) groups is 1. The lowest BCUT2D eigenvalue weighted by atomic mass is 10.0. The van der Waals surface area contributed by atoms with E-state index in [1.165, 1.54) is 32.4 Å². The quantitative estimate of drug-likeness (QED) is 0.504. The fourth-order valence-corrected chi connectivity index (χ4v) is 3.52. The summed E-state index contributed by atoms with van der Waals surface area (Å²) in [5.41, 5.74) is 0.299. The van der Waals surface area contributed by atoms with Crippen molar-refractivity contribution in [3.05, 3.63) is 63.5 Å². The zero-order valence-electron chi connectivity index (χ0n) is 17.3. The molecule has 0 bridgehead atoms. The van der Waals surface area contributed by atoms with Gasteiger partial charge in [0.05, 0.1) is 44.5 Å². The Morgan fingerprint density at radius 3 is 2.39 bits per heavy atom. The molecule has 1 atom stereocenters. The summed E-state index contributed by atoms with van der Waals surface area (Å²) in [4.78, 5) is 25.9. The molecule has 0 spiro atoms. The van der Waals surface area contributed by atoms with Crippen LogP contribution < -0.4 is 14.8 Å². The first kappa shape index (κ1) is 22.4. The molecule has 1 fully saturated rings. The maximum Gasteiger partial charge on any atom is 0.286 e. The van der Waals surface area contributed by atoms with Gasteiger partial charge in [-0.25, -0.2) is 4.39 Å². The predicted octanol–water partition coefficient (Wildman–Crippen LogP) is 2.55. The molecule has 1 aliphatic rings. The molecule has 0 aliphatic carbocycles. The zero-order valence-corrected chi connectivity index (χ0v) is 17.3. The van der Waals surface area contributed by atoms with Crippen LogP contribution in [0.25, 0.3) is 0 Å². The summed E-state index contributed by atoms with van der Waals surface area (Å²) in [6.07, 6.45) is 0. The summed E-state index contributed by atoms with van der Waals surface area (Å²) < 4.78 is 29.1. The van der Waals surface area contributed by atoms with Gasteiger partial charge in [-0.05, 0) is 17.7 Å². The van der Waals surface area contributed by atoms with E-state index in [9.17, 15) is 19.3 Å². The van der Waals surface area contributed by atoms with E-state index in [4.69, 9.17) is 14.2 Å². The fraction of sp³-hybridized carbons (Fsp3) is 0.381. The largest absolute Gasteiger partial charge is 0.493 e. The number of benzene rings is 2. The summed E-state index contributed by atoms with van der Waals surface area (Å²) in [6.45, 7) is 2.57. The van der Waals surface area contributed by atoms with Crippen molar-refractivity contribution in [3.8, 4) is 11.5 Å². The Morgan fingerprint density at radius 1 is 1.19 bits per heavy atom. The lowest BCUT2D eigenvalue weighted by Gasteiger charge is -2.35. The third kappa shape index (κ3) is 5.28. The van der Waals surface area contributed by atoms with E-state index in [1.54, 1.807) is 12.1 Å². The number of nitro benzene ring substituents is 1. The van der Waals surface area contributed by atoms with Crippen LogP contribution >= 0.6 is 0 Å². The van der Waals surface area contributed by atoms with Crippen LogP contribution in [0.15, 0.2) is 36.4 Å². The third-order valence-corrected chi connectivity index (χ3v) is 5.14. The van der Waals surface area contributed by atoms with Crippen molar-refractivity contribution in [3.63, 3.8) is 0 Å². The monoisotopic (exact) mass is 433 g/mol. The topological polar surface area (TPSA) is 103 Å². The summed E-state index contributed by atoms with van der Waals surface area (Å²) in [6, 6.07) is 8.27. The molecule has 0 aromatic heterocycles. The number of ether oxygens (including phenoxy) is 3. The van der Waals surface area contributed by atoms with E-state index in [2.05, 4.69) is 10.2 Å². The van der Waals surface area contributed by atoms with Gasteiger partial charge in [0.25, 0.3) is 11.6 Å². The van der Waals surface area contributed by atoms with Gasteiger partial charge in [-0.3, -0.25) is 19.8 Å². The minimum Gasteiger partial charge on any atom is -0.493 e. The van der Waals surface area contributed by atoms with Gasteiger partial charge < -0.3 is 19.5 Å². The number of nitrogens with one attached hydrogen (secondary N) is 1. The molecule has 166 valence electrons. The molecule has 9 nitrogen and oxygen atoms in total. The van der Waals surface area contributed by atoms with Crippen LogP contribution in [-0.2, 0) is 4.74 Å². The van der Waals surface area contributed by atoms with Crippen molar-refractivity contribution in [2.24, 2.45) is 0 Å². The van der Waals surface area contributed by atoms with Crippen molar-refractivity contribution in [2.75, 3.05) is 47.1 Å². The van der Waals surface area contributed by atoms with Gasteiger partial charge in [0.2, 0.25) is 0 Å². The Morgan fingerprint density at radius 2 is 1.81 bits per heavy atom. The number of hydrogen-bond donors (Lipinski definition) is 1. The first-order chi connectivity index (χ1) is 14.9. The van der Waals surface area contributed by atoms with E-state index in [-0.39, 0.29) is 41.2 Å². The van der Waals surface area contributed by atoms with Gasteiger partial charge in [-0.15, -0.1) is 0 Å². The SMILES string of the molecule is COc1cc(C(=O)NC[C@@H](c2ccc(F)cc2)N2CCOCC2)c([N+](=O)[O-])cc1OC. The van der Waals surface area contributed by atoms with Crippen molar-refractivity contribution in [2.45, 2.75) is 6.04 Å². The van der Waals surface area contributed by atoms with E-state index in [1.807, 2.05) is 0 Å². The summed E-state index contributed by atoms with van der Waals surface area (Å²) in [5.74, 6) is -0.604. The van der Waals surface area contributed by atoms with Crippen LogP contribution in [0.4, 0.5) is 10.1 Å². The van der Waals surface area contributed by atoms with Gasteiger partial charge in [-0.1, -0.05) is 12.1 Å². The molecule has 3 rings (SSSR count). The van der Waals surface area contributed by atoms with E-state index in [0.717, 1.165) is 11.6 Å². The van der Waals surface area contributed by atoms with Crippen molar-refractivity contribution < 1.29 is 28.3 Å². The van der Waals surface area contributed by atoms with E-state index < -0.39 is 10.8 Å². The van der Waals surface area contributed by atoms with Gasteiger partial charge in [0.15, 0.2) is 11.5 Å². The maximum atomic E-state index is 13.4. The number of halogens is 1. The van der Waals surface area contributed by atoms with Gasteiger partial charge in [-0.2, -0.15) is 0 Å². The average molecular weight is 433 g/mol. The highest BCUT2D eigenvalue weighted by molar-refractivity contribution is 5.99. The first-order valence-corrected chi connectivity index (χ1v) is 9.70. The minimum atomic E-state index is -0.643. The Kier molecular flexibility index (Phi) is 7.37. The summed E-state index contributed by atoms with van der Waals surface area (Å²) >= 11 is 0. The van der Waals surface area contributed by atoms with E-state index in [0.29, 0.717) is 26.3 Å². The highest BCUT2D eigenvalue weighted by atomic mass is 19.1. The van der Waals surface area contributed by atoms with Crippen LogP contribution in [0.5, 0.6) is 11.5 Å². The minimum absolute atomic E-state index is 0.137. The van der Waals surface area contributed by atoms with Crippen LogP contribution in [0.1, 0.15) is 22.0 Å². The molecule has 2 aromatic carbocycles. The normalized spacial score (nSPS) is 15.2. The average Bonchev–Trinajstić information content (AvgIpc) is 2.79. The highest BCUT2D eigenvalue weighted by Gasteiger charge is 2.27. The van der Waals surface area contributed by atoms with Crippen LogP contribution in [0, 0.1) is 15.9 Å². The fourth-order valence-electron chi connectivity index (χ4n) is 3.52. The van der Waals surface area contributed by atoms with Gasteiger partial charge in [0, 0.05) is 25.7 Å². The number of methoxy groups -OCH3 is 2. The van der Waals surface area contributed by atoms with Gasteiger partial charge >= 0.3 is 0 Å². The summed E-state index contributed by atoms with van der Waals surface area (Å²) in [5, 5.41) is 14.3. The lowest BCUT2D eigenvalue weighted by Crippen LogP contribution is -2.43. The second-order valence-electron chi connectivity index (χ2n) is 6.91. The van der Waals surface area contributed by atoms with E-state index >= 15 is 0 Å². The van der Waals surface area contributed by atoms with Crippen molar-refractivity contribution in [1.82, 2.24) is 10.2 Å². The maximum absolute atomic E-state index is 13.4. The Balaban J connectivity index is 1.85. The number of carbonyl (C=O) groups excluding carboxylic acids is 1. The Labute approximate surface area is 178 Å². The molecule has 1 heterocycles. The second kappa shape index (κ2) is 10.2. The number of hydrogen-bond acceptors (Lipinski definition) is 7. The van der Waals surface area contributed by atoms with Crippen molar-refractivity contribution in [1.29, 1.82) is 0 Å². The van der Waals surface area contributed by atoms with Crippen LogP contribution in [-0.4, -0.2) is 62.8 Å². The summed E-state index contributed by atoms with van der Waals surface area (Å²) in [7, 11) is 2.74. The molecule has 1 saturated heterocycles. The lowest BCUT2D eigenvalue weighted by molar-refractivity contribution is -0.385. The Hall–Kier alpha value is -3.24. The zero-order chi connectivity index (χ0) is 22.4. The molecule has 0 saturated carbocycles. The predicted molar refractivity (Wildman–Crippen MR) is 110 cm³/mol. The van der Waals surface area contributed by atoms with Crippen LogP contribution in [0.3, 0.4) is 0 Å². The van der Waals surface area contributed by atoms with Crippen LogP contribution in [0.2, 0.25) is 0 Å². The number of nitro groups is 1. The standard InChI is InChI=1S/C21H24FN3O6/c1-29-19-11-16(17(25(27)28)12-20(19)30-2)21(26)23-13-18(24-7-9-31-10-8-24)14-3-5-15(22)6-4-14/h3-6,11-12,18H,7-10,13H2,1-2H3,(H,23,26)/t18-/m0/s1. The molecule has 2 aromatic rings. The Bertz CT molecular complexity index is 931. The number of amides is 1. The second-order valence-corrected chi connectivity index (χ2v) is 6.91. The molecular formula is C21H24FN3O6. The number of rotatable bonds is 8. The first-order valence-electron chi connectivity index (χ1n) is 9.70.